The first-order valence-corrected chi connectivity index (χ1v) is 9.23. The second kappa shape index (κ2) is 6.23. The number of benzene rings is 1. The highest BCUT2D eigenvalue weighted by molar-refractivity contribution is 8.13. The van der Waals surface area contributed by atoms with Gasteiger partial charge < -0.3 is 10.1 Å². The van der Waals surface area contributed by atoms with Crippen molar-refractivity contribution in [3.05, 3.63) is 23.9 Å². The first-order valence-electron chi connectivity index (χ1n) is 6.10. The van der Waals surface area contributed by atoms with E-state index < -0.39 is 9.05 Å². The third-order valence-corrected chi connectivity index (χ3v) is 5.23. The molecular weight excluding hydrogens is 348 g/mol. The predicted octanol–water partition coefficient (Wildman–Crippen LogP) is 3.01. The van der Waals surface area contributed by atoms with E-state index in [4.69, 9.17) is 15.4 Å². The summed E-state index contributed by atoms with van der Waals surface area (Å²) in [7, 11) is 2.87. The summed E-state index contributed by atoms with van der Waals surface area (Å²) in [4.78, 5) is 16.0. The number of aryl methyl sites for hydroxylation is 1. The van der Waals surface area contributed by atoms with Crippen molar-refractivity contribution >= 4 is 42.1 Å². The summed E-state index contributed by atoms with van der Waals surface area (Å²) in [6.07, 6.45) is 0. The zero-order valence-electron chi connectivity index (χ0n) is 12.0. The Morgan fingerprint density at radius 1 is 1.41 bits per heavy atom. The second-order valence-corrected chi connectivity index (χ2v) is 7.95. The molecule has 0 radical (unpaired) electrons. The van der Waals surface area contributed by atoms with Crippen molar-refractivity contribution in [1.29, 1.82) is 0 Å². The SMILES string of the molecule is COc1ccc(-c2sc(NC(C)=O)nc2C)cc1S(=O)(=O)Cl. The Kier molecular flexibility index (Phi) is 4.74. The number of thiazole rings is 1. The van der Waals surface area contributed by atoms with Crippen LogP contribution in [0.15, 0.2) is 23.1 Å². The van der Waals surface area contributed by atoms with Crippen LogP contribution in [0.2, 0.25) is 0 Å². The zero-order chi connectivity index (χ0) is 16.5. The van der Waals surface area contributed by atoms with Gasteiger partial charge in [-0.25, -0.2) is 13.4 Å². The Morgan fingerprint density at radius 2 is 2.09 bits per heavy atom. The first kappa shape index (κ1) is 16.7. The van der Waals surface area contributed by atoms with Crippen LogP contribution >= 0.6 is 22.0 Å². The molecule has 0 spiro atoms. The highest BCUT2D eigenvalue weighted by atomic mass is 35.7. The van der Waals surface area contributed by atoms with Gasteiger partial charge in [0.25, 0.3) is 9.05 Å². The molecule has 118 valence electrons. The van der Waals surface area contributed by atoms with E-state index in [-0.39, 0.29) is 16.6 Å². The van der Waals surface area contributed by atoms with Gasteiger partial charge in [0.15, 0.2) is 5.13 Å². The second-order valence-electron chi connectivity index (χ2n) is 4.42. The van der Waals surface area contributed by atoms with Crippen LogP contribution in [0.5, 0.6) is 5.75 Å². The minimum Gasteiger partial charge on any atom is -0.495 e. The molecule has 22 heavy (non-hydrogen) atoms. The van der Waals surface area contributed by atoms with Gasteiger partial charge in [0.05, 0.1) is 17.7 Å². The average Bonchev–Trinajstić information content (AvgIpc) is 2.77. The number of anilines is 1. The molecule has 0 atom stereocenters. The average molecular weight is 361 g/mol. The Hall–Kier alpha value is -1.64. The van der Waals surface area contributed by atoms with Gasteiger partial charge in [-0.2, -0.15) is 0 Å². The minimum atomic E-state index is -3.94. The molecule has 0 saturated carbocycles. The minimum absolute atomic E-state index is 0.108. The molecule has 1 N–H and O–H groups in total. The lowest BCUT2D eigenvalue weighted by molar-refractivity contribution is -0.114. The Labute approximate surface area is 136 Å². The summed E-state index contributed by atoms with van der Waals surface area (Å²) in [5.74, 6) is -0.0536. The molecule has 2 aromatic rings. The van der Waals surface area contributed by atoms with Crippen molar-refractivity contribution in [3.8, 4) is 16.2 Å². The van der Waals surface area contributed by atoms with Crippen LogP contribution in [0, 0.1) is 6.92 Å². The van der Waals surface area contributed by atoms with Crippen molar-refractivity contribution in [3.63, 3.8) is 0 Å². The van der Waals surface area contributed by atoms with Gasteiger partial charge in [0, 0.05) is 17.6 Å². The number of carbonyl (C=O) groups is 1. The Morgan fingerprint density at radius 3 is 2.64 bits per heavy atom. The largest absolute Gasteiger partial charge is 0.495 e. The van der Waals surface area contributed by atoms with Crippen LogP contribution < -0.4 is 10.1 Å². The van der Waals surface area contributed by atoms with Gasteiger partial charge in [0.1, 0.15) is 10.6 Å². The molecule has 0 aliphatic heterocycles. The van der Waals surface area contributed by atoms with Crippen molar-refractivity contribution < 1.29 is 17.9 Å². The molecule has 1 aromatic heterocycles. The Bertz CT molecular complexity index is 831. The molecule has 0 saturated heterocycles. The van der Waals surface area contributed by atoms with Gasteiger partial charge in [0.2, 0.25) is 5.91 Å². The highest BCUT2D eigenvalue weighted by Gasteiger charge is 2.19. The number of halogens is 1. The molecule has 6 nitrogen and oxygen atoms in total. The van der Waals surface area contributed by atoms with Crippen LogP contribution in [0.1, 0.15) is 12.6 Å². The molecule has 0 aliphatic carbocycles. The molecule has 1 aromatic carbocycles. The molecule has 0 aliphatic rings. The molecule has 0 bridgehead atoms. The molecule has 0 unspecified atom stereocenters. The standard InChI is InChI=1S/C13H13ClN2O4S2/c1-7-12(21-13(15-7)16-8(2)17)9-4-5-10(20-3)11(6-9)22(14,18)19/h4-6H,1-3H3,(H,15,16,17). The summed E-state index contributed by atoms with van der Waals surface area (Å²) < 4.78 is 28.3. The lowest BCUT2D eigenvalue weighted by Crippen LogP contribution is -2.04. The van der Waals surface area contributed by atoms with Crippen LogP contribution in [0.3, 0.4) is 0 Å². The number of nitrogens with one attached hydrogen (secondary N) is 1. The fourth-order valence-corrected chi connectivity index (χ4v) is 3.91. The lowest BCUT2D eigenvalue weighted by atomic mass is 10.1. The van der Waals surface area contributed by atoms with Gasteiger partial charge in [-0.15, -0.1) is 0 Å². The lowest BCUT2D eigenvalue weighted by Gasteiger charge is -2.07. The van der Waals surface area contributed by atoms with Gasteiger partial charge >= 0.3 is 0 Å². The molecule has 9 heteroatoms. The summed E-state index contributed by atoms with van der Waals surface area (Å²) in [6.45, 7) is 3.16. The maximum absolute atomic E-state index is 11.6. The summed E-state index contributed by atoms with van der Waals surface area (Å²) in [5.41, 5.74) is 1.31. The number of nitrogens with zero attached hydrogens (tertiary/aromatic N) is 1. The van der Waals surface area contributed by atoms with E-state index in [0.717, 1.165) is 4.88 Å². The van der Waals surface area contributed by atoms with E-state index in [0.29, 0.717) is 16.4 Å². The topological polar surface area (TPSA) is 85.4 Å². The maximum Gasteiger partial charge on any atom is 0.265 e. The van der Waals surface area contributed by atoms with Crippen LogP contribution in [0.4, 0.5) is 5.13 Å². The number of aromatic nitrogens is 1. The third-order valence-electron chi connectivity index (χ3n) is 2.77. The summed E-state index contributed by atoms with van der Waals surface area (Å²) in [5, 5.41) is 3.05. The van der Waals surface area contributed by atoms with Crippen LogP contribution in [-0.2, 0) is 13.8 Å². The monoisotopic (exact) mass is 360 g/mol. The molecule has 0 fully saturated rings. The number of amides is 1. The predicted molar refractivity (Wildman–Crippen MR) is 86.2 cm³/mol. The van der Waals surface area contributed by atoms with E-state index in [1.807, 2.05) is 0 Å². The van der Waals surface area contributed by atoms with E-state index in [2.05, 4.69) is 10.3 Å². The van der Waals surface area contributed by atoms with Crippen LogP contribution in [-0.4, -0.2) is 26.4 Å². The fourth-order valence-electron chi connectivity index (χ4n) is 1.88. The molecule has 1 amide bonds. The van der Waals surface area contributed by atoms with Crippen LogP contribution in [0.25, 0.3) is 10.4 Å². The number of carbonyl (C=O) groups excluding carboxylic acids is 1. The molecular formula is C13H13ClN2O4S2. The number of ether oxygens (including phenoxy) is 1. The number of methoxy groups -OCH3 is 1. The van der Waals surface area contributed by atoms with Crippen molar-refractivity contribution in [2.75, 3.05) is 12.4 Å². The van der Waals surface area contributed by atoms with E-state index in [9.17, 15) is 13.2 Å². The van der Waals surface area contributed by atoms with Crippen molar-refractivity contribution in [2.24, 2.45) is 0 Å². The zero-order valence-corrected chi connectivity index (χ0v) is 14.4. The van der Waals surface area contributed by atoms with E-state index in [1.165, 1.54) is 37.5 Å². The number of rotatable bonds is 4. The molecule has 2 rings (SSSR count). The summed E-state index contributed by atoms with van der Waals surface area (Å²) in [6, 6.07) is 4.67. The first-order chi connectivity index (χ1) is 10.2. The number of hydrogen-bond donors (Lipinski definition) is 1. The van der Waals surface area contributed by atoms with Gasteiger partial charge in [-0.3, -0.25) is 4.79 Å². The number of hydrogen-bond acceptors (Lipinski definition) is 6. The van der Waals surface area contributed by atoms with Gasteiger partial charge in [-0.05, 0) is 30.7 Å². The van der Waals surface area contributed by atoms with Crippen molar-refractivity contribution in [1.82, 2.24) is 4.98 Å². The highest BCUT2D eigenvalue weighted by Crippen LogP contribution is 2.37. The molecule has 1 heterocycles. The smallest absolute Gasteiger partial charge is 0.265 e. The van der Waals surface area contributed by atoms with E-state index >= 15 is 0 Å². The fraction of sp³-hybridized carbons (Fsp3) is 0.231. The normalized spacial score (nSPS) is 11.3. The van der Waals surface area contributed by atoms with Crippen molar-refractivity contribution in [2.45, 2.75) is 18.7 Å². The Balaban J connectivity index is 2.54. The maximum atomic E-state index is 11.6. The third kappa shape index (κ3) is 3.57. The quantitative estimate of drug-likeness (QED) is 0.847. The summed E-state index contributed by atoms with van der Waals surface area (Å²) >= 11 is 1.25. The van der Waals surface area contributed by atoms with E-state index in [1.54, 1.807) is 13.0 Å². The van der Waals surface area contributed by atoms with Gasteiger partial charge in [-0.1, -0.05) is 11.3 Å².